The van der Waals surface area contributed by atoms with Crippen LogP contribution in [0, 0.1) is 0 Å². The molecule has 0 unspecified atom stereocenters. The fourth-order valence-electron chi connectivity index (χ4n) is 3.62. The fraction of sp³-hybridized carbons (Fsp3) is 0.259. The van der Waals surface area contributed by atoms with E-state index in [1.165, 1.54) is 0 Å². The van der Waals surface area contributed by atoms with Gasteiger partial charge in [0.15, 0.2) is 0 Å². The minimum Gasteiger partial charge on any atom is -0.383 e. The Balaban J connectivity index is 3.02. The van der Waals surface area contributed by atoms with Crippen molar-refractivity contribution in [2.24, 2.45) is 15.7 Å². The van der Waals surface area contributed by atoms with Gasteiger partial charge < -0.3 is 5.73 Å². The van der Waals surface area contributed by atoms with Crippen molar-refractivity contribution in [2.75, 3.05) is 7.05 Å². The van der Waals surface area contributed by atoms with Gasteiger partial charge in [0.05, 0.1) is 5.70 Å². The molecule has 0 radical (unpaired) electrons. The topological polar surface area (TPSA) is 50.7 Å². The molecule has 0 aliphatic carbocycles. The number of amidine groups is 1. The average Bonchev–Trinajstić information content (AvgIpc) is 2.79. The highest BCUT2D eigenvalue weighted by atomic mass is 14.8. The van der Waals surface area contributed by atoms with E-state index in [0.717, 1.165) is 62.8 Å². The van der Waals surface area contributed by atoms with Gasteiger partial charge in [0.2, 0.25) is 0 Å². The number of nitrogens with zero attached hydrogens (tertiary/aromatic N) is 2. The summed E-state index contributed by atoms with van der Waals surface area (Å²) in [4.78, 5) is 9.32. The second kappa shape index (κ2) is 10.5. The van der Waals surface area contributed by atoms with E-state index in [1.54, 1.807) is 7.05 Å². The first-order valence-electron chi connectivity index (χ1n) is 10.4. The normalized spacial score (nSPS) is 13.6. The van der Waals surface area contributed by atoms with E-state index in [2.05, 4.69) is 62.3 Å². The third-order valence-corrected chi connectivity index (χ3v) is 5.35. The first-order chi connectivity index (χ1) is 14.5. The zero-order valence-electron chi connectivity index (χ0n) is 18.9. The molecule has 3 heteroatoms. The lowest BCUT2D eigenvalue weighted by atomic mass is 9.88. The SMILES string of the molecule is C=Cc1ccc(C(CCC)=NC(=C/C)/C(C)=C\C)c2c(C=C)ccc(C(N)=NC)c12. The van der Waals surface area contributed by atoms with Crippen molar-refractivity contribution in [1.29, 1.82) is 0 Å². The average molecular weight is 400 g/mol. The highest BCUT2D eigenvalue weighted by molar-refractivity contribution is 6.20. The number of benzene rings is 2. The van der Waals surface area contributed by atoms with Gasteiger partial charge in [-0.1, -0.05) is 75.1 Å². The van der Waals surface area contributed by atoms with Crippen LogP contribution in [0.15, 0.2) is 70.8 Å². The van der Waals surface area contributed by atoms with Gasteiger partial charge in [-0.2, -0.15) is 0 Å². The van der Waals surface area contributed by atoms with Crippen LogP contribution in [0.2, 0.25) is 0 Å². The lowest BCUT2D eigenvalue weighted by Crippen LogP contribution is -2.15. The van der Waals surface area contributed by atoms with Crippen molar-refractivity contribution in [3.63, 3.8) is 0 Å². The summed E-state index contributed by atoms with van der Waals surface area (Å²) in [6.45, 7) is 16.4. The third-order valence-electron chi connectivity index (χ3n) is 5.35. The highest BCUT2D eigenvalue weighted by Crippen LogP contribution is 2.33. The summed E-state index contributed by atoms with van der Waals surface area (Å²) in [6, 6.07) is 8.29. The Morgan fingerprint density at radius 1 is 0.967 bits per heavy atom. The smallest absolute Gasteiger partial charge is 0.125 e. The summed E-state index contributed by atoms with van der Waals surface area (Å²) < 4.78 is 0. The maximum absolute atomic E-state index is 6.26. The molecule has 2 aromatic carbocycles. The standard InChI is InChI=1S/C27H33N3/c1-8-13-24(30-23(12-5)18(6)9-2)21-16-14-20(11-4)26-22(27(28)29-7)17-15-19(10-3)25(21)26/h9-12,14-17H,3-4,8,13H2,1-2,5-7H3,(H2,28,29)/b18-9-,23-12+,30-24?. The molecule has 0 atom stereocenters. The van der Waals surface area contributed by atoms with Crippen LogP contribution in [0.1, 0.15) is 62.8 Å². The van der Waals surface area contributed by atoms with Crippen LogP contribution in [-0.4, -0.2) is 18.6 Å². The van der Waals surface area contributed by atoms with E-state index >= 15 is 0 Å². The van der Waals surface area contributed by atoms with Gasteiger partial charge in [0.1, 0.15) is 5.84 Å². The first-order valence-corrected chi connectivity index (χ1v) is 10.4. The zero-order valence-corrected chi connectivity index (χ0v) is 18.9. The van der Waals surface area contributed by atoms with Gasteiger partial charge in [0.25, 0.3) is 0 Å². The van der Waals surface area contributed by atoms with Crippen LogP contribution in [0.4, 0.5) is 0 Å². The molecule has 0 heterocycles. The molecule has 0 aromatic heterocycles. The molecule has 0 saturated carbocycles. The van der Waals surface area contributed by atoms with Crippen LogP contribution >= 0.6 is 0 Å². The van der Waals surface area contributed by atoms with E-state index < -0.39 is 0 Å². The largest absolute Gasteiger partial charge is 0.383 e. The molecule has 0 bridgehead atoms. The van der Waals surface area contributed by atoms with Gasteiger partial charge >= 0.3 is 0 Å². The van der Waals surface area contributed by atoms with E-state index in [4.69, 9.17) is 10.7 Å². The first kappa shape index (κ1) is 23.1. The van der Waals surface area contributed by atoms with Crippen LogP contribution in [0.25, 0.3) is 22.9 Å². The summed E-state index contributed by atoms with van der Waals surface area (Å²) in [5.74, 6) is 0.503. The number of allylic oxidation sites excluding steroid dienone is 3. The predicted molar refractivity (Wildman–Crippen MR) is 135 cm³/mol. The maximum atomic E-state index is 6.26. The van der Waals surface area contributed by atoms with E-state index in [1.807, 2.05) is 32.1 Å². The molecule has 0 amide bonds. The third kappa shape index (κ3) is 4.51. The fourth-order valence-corrected chi connectivity index (χ4v) is 3.62. The number of aliphatic imine (C=N–C) groups is 2. The second-order valence-electron chi connectivity index (χ2n) is 7.13. The van der Waals surface area contributed by atoms with E-state index in [9.17, 15) is 0 Å². The van der Waals surface area contributed by atoms with Gasteiger partial charge in [0, 0.05) is 29.3 Å². The van der Waals surface area contributed by atoms with Crippen LogP contribution in [0.3, 0.4) is 0 Å². The number of fused-ring (bicyclic) bond motifs is 1. The number of nitrogens with two attached hydrogens (primary N) is 1. The molecule has 2 aromatic rings. The molecule has 30 heavy (non-hydrogen) atoms. The number of hydrogen-bond donors (Lipinski definition) is 1. The summed E-state index contributed by atoms with van der Waals surface area (Å²) >= 11 is 0. The molecule has 3 nitrogen and oxygen atoms in total. The second-order valence-corrected chi connectivity index (χ2v) is 7.13. The Bertz CT molecular complexity index is 1080. The van der Waals surface area contributed by atoms with Crippen molar-refractivity contribution in [3.05, 3.63) is 83.1 Å². The molecule has 0 saturated heterocycles. The van der Waals surface area contributed by atoms with Gasteiger partial charge in [-0.15, -0.1) is 0 Å². The molecule has 0 aliphatic rings. The Hall–Kier alpha value is -3.20. The number of hydrogen-bond acceptors (Lipinski definition) is 2. The summed E-state index contributed by atoms with van der Waals surface area (Å²) in [5, 5.41) is 2.13. The van der Waals surface area contributed by atoms with Crippen molar-refractivity contribution < 1.29 is 0 Å². The molecule has 0 spiro atoms. The molecule has 2 rings (SSSR count). The summed E-state index contributed by atoms with van der Waals surface area (Å²) in [6.07, 6.45) is 9.77. The summed E-state index contributed by atoms with van der Waals surface area (Å²) in [5.41, 5.74) is 13.5. The maximum Gasteiger partial charge on any atom is 0.125 e. The Labute approximate surface area is 181 Å². The van der Waals surface area contributed by atoms with E-state index in [0.29, 0.717) is 5.84 Å². The monoisotopic (exact) mass is 399 g/mol. The molecule has 0 aliphatic heterocycles. The van der Waals surface area contributed by atoms with Crippen molar-refractivity contribution in [1.82, 2.24) is 0 Å². The lowest BCUT2D eigenvalue weighted by molar-refractivity contribution is 0.989. The predicted octanol–water partition coefficient (Wildman–Crippen LogP) is 6.92. The number of rotatable bonds is 8. The minimum absolute atomic E-state index is 0.503. The Morgan fingerprint density at radius 3 is 2.00 bits per heavy atom. The molecule has 156 valence electrons. The highest BCUT2D eigenvalue weighted by Gasteiger charge is 2.17. The Morgan fingerprint density at radius 2 is 1.53 bits per heavy atom. The van der Waals surface area contributed by atoms with Crippen LogP contribution < -0.4 is 5.73 Å². The molecule has 0 fully saturated rings. The molecular formula is C27H33N3. The molecular weight excluding hydrogens is 366 g/mol. The lowest BCUT2D eigenvalue weighted by Gasteiger charge is -2.17. The van der Waals surface area contributed by atoms with E-state index in [-0.39, 0.29) is 0 Å². The van der Waals surface area contributed by atoms with Crippen molar-refractivity contribution in [2.45, 2.75) is 40.5 Å². The van der Waals surface area contributed by atoms with Gasteiger partial charge in [-0.3, -0.25) is 9.98 Å². The molecule has 2 N–H and O–H groups in total. The van der Waals surface area contributed by atoms with Crippen molar-refractivity contribution in [3.8, 4) is 0 Å². The van der Waals surface area contributed by atoms with Crippen LogP contribution in [-0.2, 0) is 0 Å². The summed E-state index contributed by atoms with van der Waals surface area (Å²) in [7, 11) is 1.71. The minimum atomic E-state index is 0.503. The quantitative estimate of drug-likeness (QED) is 0.292. The Kier molecular flexibility index (Phi) is 8.11. The van der Waals surface area contributed by atoms with Crippen molar-refractivity contribution >= 4 is 34.5 Å². The van der Waals surface area contributed by atoms with Crippen LogP contribution in [0.5, 0.6) is 0 Å². The van der Waals surface area contributed by atoms with Gasteiger partial charge in [-0.05, 0) is 49.3 Å². The van der Waals surface area contributed by atoms with Gasteiger partial charge in [-0.25, -0.2) is 0 Å². The zero-order chi connectivity index (χ0) is 22.3.